The molecule has 0 bridgehead atoms. The average Bonchev–Trinajstić information content (AvgIpc) is 2.46. The maximum absolute atomic E-state index is 11.6. The topological polar surface area (TPSA) is 66.8 Å². The van der Waals surface area contributed by atoms with Crippen LogP contribution in [0.2, 0.25) is 0 Å². The van der Waals surface area contributed by atoms with Gasteiger partial charge in [0.1, 0.15) is 6.61 Å². The van der Waals surface area contributed by atoms with Crippen LogP contribution in [0.25, 0.3) is 0 Å². The molecule has 1 rings (SSSR count). The quantitative estimate of drug-likeness (QED) is 0.670. The van der Waals surface area contributed by atoms with Gasteiger partial charge in [-0.15, -0.1) is 11.8 Å². The van der Waals surface area contributed by atoms with E-state index >= 15 is 0 Å². The number of thioether (sulfide) groups is 1. The van der Waals surface area contributed by atoms with E-state index in [1.54, 1.807) is 6.92 Å². The van der Waals surface area contributed by atoms with Crippen molar-refractivity contribution < 1.29 is 19.7 Å². The maximum Gasteiger partial charge on any atom is 0.305 e. The Balaban J connectivity index is 2.15. The summed E-state index contributed by atoms with van der Waals surface area (Å²) in [6.07, 6.45) is 6.79. The Hall–Kier alpha value is -0.520. The number of carbonyl (C=O) groups excluding carboxylic acids is 1. The Bertz CT molecular complexity index is 311. The number of esters is 1. The van der Waals surface area contributed by atoms with Crippen LogP contribution in [0.1, 0.15) is 39.0 Å². The molecule has 5 heteroatoms. The van der Waals surface area contributed by atoms with Gasteiger partial charge < -0.3 is 14.9 Å². The fourth-order valence-corrected chi connectivity index (χ4v) is 2.76. The van der Waals surface area contributed by atoms with Crippen LogP contribution in [0.15, 0.2) is 11.0 Å². The predicted octanol–water partition coefficient (Wildman–Crippen LogP) is 2.10. The zero-order valence-electron chi connectivity index (χ0n) is 11.6. The summed E-state index contributed by atoms with van der Waals surface area (Å²) < 4.78 is 5.09. The first kappa shape index (κ1) is 16.5. The summed E-state index contributed by atoms with van der Waals surface area (Å²) in [6, 6.07) is 0. The highest BCUT2D eigenvalue weighted by atomic mass is 32.2. The van der Waals surface area contributed by atoms with Crippen LogP contribution < -0.4 is 0 Å². The lowest BCUT2D eigenvalue weighted by atomic mass is 9.94. The van der Waals surface area contributed by atoms with Gasteiger partial charge in [0, 0.05) is 11.8 Å². The van der Waals surface area contributed by atoms with E-state index in [2.05, 4.69) is 6.08 Å². The number of ether oxygens (including phenoxy) is 1. The van der Waals surface area contributed by atoms with Crippen molar-refractivity contribution in [2.24, 2.45) is 5.41 Å². The number of hydrogen-bond donors (Lipinski definition) is 2. The minimum absolute atomic E-state index is 0.0658. The van der Waals surface area contributed by atoms with Gasteiger partial charge in [-0.3, -0.25) is 4.79 Å². The molecular weight excluding hydrogens is 264 g/mol. The van der Waals surface area contributed by atoms with Gasteiger partial charge in [-0.25, -0.2) is 0 Å². The molecule has 0 aromatic carbocycles. The number of allylic oxidation sites excluding steroid dienone is 2. The van der Waals surface area contributed by atoms with Crippen LogP contribution in [0, 0.1) is 5.41 Å². The van der Waals surface area contributed by atoms with E-state index in [0.717, 1.165) is 19.3 Å². The molecule has 1 aliphatic heterocycles. The summed E-state index contributed by atoms with van der Waals surface area (Å²) in [5, 5.41) is 18.2. The lowest BCUT2D eigenvalue weighted by Crippen LogP contribution is -2.32. The van der Waals surface area contributed by atoms with Crippen molar-refractivity contribution in [2.45, 2.75) is 39.0 Å². The summed E-state index contributed by atoms with van der Waals surface area (Å²) in [5.41, 5.74) is -0.739. The highest BCUT2D eigenvalue weighted by Gasteiger charge is 2.24. The number of rotatable bonds is 8. The number of aliphatic hydroxyl groups excluding tert-OH is 2. The minimum Gasteiger partial charge on any atom is -0.465 e. The van der Waals surface area contributed by atoms with Gasteiger partial charge in [-0.1, -0.05) is 13.0 Å². The number of aliphatic hydroxyl groups is 2. The second kappa shape index (κ2) is 8.61. The molecular formula is C14H24O4S. The molecule has 0 spiro atoms. The van der Waals surface area contributed by atoms with E-state index in [1.165, 1.54) is 17.1 Å². The van der Waals surface area contributed by atoms with E-state index < -0.39 is 5.41 Å². The average molecular weight is 288 g/mol. The number of carbonyl (C=O) groups is 1. The molecule has 4 nitrogen and oxygen atoms in total. The largest absolute Gasteiger partial charge is 0.465 e. The Kier molecular flexibility index (Phi) is 7.49. The van der Waals surface area contributed by atoms with E-state index in [-0.39, 0.29) is 25.8 Å². The van der Waals surface area contributed by atoms with Gasteiger partial charge in [0.25, 0.3) is 0 Å². The third-order valence-corrected chi connectivity index (χ3v) is 4.39. The highest BCUT2D eigenvalue weighted by molar-refractivity contribution is 8.03. The summed E-state index contributed by atoms with van der Waals surface area (Å²) in [5.74, 6) is 0.927. The molecule has 0 saturated carbocycles. The van der Waals surface area contributed by atoms with Crippen molar-refractivity contribution in [1.29, 1.82) is 0 Å². The zero-order valence-corrected chi connectivity index (χ0v) is 12.4. The fourth-order valence-electron chi connectivity index (χ4n) is 1.66. The van der Waals surface area contributed by atoms with Crippen molar-refractivity contribution in [1.82, 2.24) is 0 Å². The van der Waals surface area contributed by atoms with Crippen molar-refractivity contribution in [3.63, 3.8) is 0 Å². The van der Waals surface area contributed by atoms with Gasteiger partial charge in [0.2, 0.25) is 0 Å². The first-order valence-electron chi connectivity index (χ1n) is 6.79. The maximum atomic E-state index is 11.6. The van der Waals surface area contributed by atoms with Gasteiger partial charge >= 0.3 is 5.97 Å². The predicted molar refractivity (Wildman–Crippen MR) is 76.9 cm³/mol. The molecule has 0 fully saturated rings. The summed E-state index contributed by atoms with van der Waals surface area (Å²) in [7, 11) is 0. The minimum atomic E-state index is -0.739. The van der Waals surface area contributed by atoms with E-state index in [0.29, 0.717) is 6.42 Å². The first-order chi connectivity index (χ1) is 9.09. The zero-order chi connectivity index (χ0) is 14.1. The van der Waals surface area contributed by atoms with Crippen LogP contribution in [0.5, 0.6) is 0 Å². The van der Waals surface area contributed by atoms with Crippen molar-refractivity contribution in [2.75, 3.05) is 25.6 Å². The first-order valence-corrected chi connectivity index (χ1v) is 7.77. The molecule has 1 aliphatic rings. The molecule has 0 unspecified atom stereocenters. The van der Waals surface area contributed by atoms with E-state index in [1.807, 2.05) is 11.8 Å². The number of hydrogen-bond acceptors (Lipinski definition) is 5. The molecule has 0 atom stereocenters. The molecule has 110 valence electrons. The van der Waals surface area contributed by atoms with Crippen molar-refractivity contribution >= 4 is 17.7 Å². The highest BCUT2D eigenvalue weighted by Crippen LogP contribution is 2.28. The second-order valence-corrected chi connectivity index (χ2v) is 6.52. The molecule has 0 saturated heterocycles. The van der Waals surface area contributed by atoms with Crippen LogP contribution in [-0.4, -0.2) is 41.8 Å². The third-order valence-electron chi connectivity index (χ3n) is 3.16. The van der Waals surface area contributed by atoms with Gasteiger partial charge in [-0.2, -0.15) is 0 Å². The van der Waals surface area contributed by atoms with Crippen molar-refractivity contribution in [3.05, 3.63) is 11.0 Å². The normalized spacial score (nSPS) is 16.1. The SMILES string of the molecule is CC(CO)(CO)COC(=O)CCCC1=CCCCS1. The molecule has 0 radical (unpaired) electrons. The standard InChI is InChI=1S/C14H24O4S/c1-14(9-15,10-16)11-18-13(17)7-4-6-12-5-2-3-8-19-12/h5,15-16H,2-4,6-11H2,1H3. The van der Waals surface area contributed by atoms with E-state index in [9.17, 15) is 4.79 Å². The molecule has 1 heterocycles. The molecule has 0 aromatic rings. The fraction of sp³-hybridized carbons (Fsp3) is 0.786. The Morgan fingerprint density at radius 1 is 1.47 bits per heavy atom. The van der Waals surface area contributed by atoms with Crippen molar-refractivity contribution in [3.8, 4) is 0 Å². The molecule has 19 heavy (non-hydrogen) atoms. The lowest BCUT2D eigenvalue weighted by Gasteiger charge is -2.23. The lowest BCUT2D eigenvalue weighted by molar-refractivity contribution is -0.149. The third kappa shape index (κ3) is 6.45. The smallest absolute Gasteiger partial charge is 0.305 e. The Morgan fingerprint density at radius 3 is 2.79 bits per heavy atom. The van der Waals surface area contributed by atoms with Crippen LogP contribution in [0.3, 0.4) is 0 Å². The second-order valence-electron chi connectivity index (χ2n) is 5.30. The summed E-state index contributed by atoms with van der Waals surface area (Å²) >= 11 is 1.88. The van der Waals surface area contributed by atoms with E-state index in [4.69, 9.17) is 14.9 Å². The summed E-state index contributed by atoms with van der Waals surface area (Å²) in [4.78, 5) is 12.9. The molecule has 0 aliphatic carbocycles. The summed E-state index contributed by atoms with van der Waals surface area (Å²) in [6.45, 7) is 1.36. The van der Waals surface area contributed by atoms with Crippen LogP contribution >= 0.6 is 11.8 Å². The van der Waals surface area contributed by atoms with Gasteiger partial charge in [-0.05, 0) is 36.3 Å². The van der Waals surface area contributed by atoms with Gasteiger partial charge in [0.05, 0.1) is 13.2 Å². The van der Waals surface area contributed by atoms with Gasteiger partial charge in [0.15, 0.2) is 0 Å². The molecule has 2 N–H and O–H groups in total. The molecule has 0 aromatic heterocycles. The van der Waals surface area contributed by atoms with Crippen LogP contribution in [0.4, 0.5) is 0 Å². The Morgan fingerprint density at radius 2 is 2.21 bits per heavy atom. The monoisotopic (exact) mass is 288 g/mol. The van der Waals surface area contributed by atoms with Crippen LogP contribution in [-0.2, 0) is 9.53 Å². The molecule has 0 amide bonds. The Labute approximate surface area is 119 Å².